The molecule has 25 heavy (non-hydrogen) atoms. The topological polar surface area (TPSA) is 51.5 Å². The number of rotatable bonds is 5. The second-order valence-electron chi connectivity index (χ2n) is 6.02. The molecule has 1 heterocycles. The van der Waals surface area contributed by atoms with E-state index in [1.165, 1.54) is 18.2 Å². The Kier molecular flexibility index (Phi) is 4.44. The molecule has 0 atom stereocenters. The summed E-state index contributed by atoms with van der Waals surface area (Å²) >= 11 is 0. The van der Waals surface area contributed by atoms with Crippen LogP contribution in [0.4, 0.5) is 8.78 Å². The van der Waals surface area contributed by atoms with E-state index in [9.17, 15) is 18.7 Å². The maximum absolute atomic E-state index is 12.5. The maximum atomic E-state index is 12.5. The molecule has 0 aliphatic carbocycles. The summed E-state index contributed by atoms with van der Waals surface area (Å²) in [5.41, 5.74) is 2.67. The van der Waals surface area contributed by atoms with Gasteiger partial charge in [-0.05, 0) is 41.8 Å². The number of carboxylic acid groups (broad SMARTS) is 1. The zero-order chi connectivity index (χ0) is 18.1. The minimum Gasteiger partial charge on any atom is -0.478 e. The van der Waals surface area contributed by atoms with Crippen LogP contribution in [0, 0.1) is 0 Å². The van der Waals surface area contributed by atoms with Crippen LogP contribution in [0.1, 0.15) is 35.7 Å². The van der Waals surface area contributed by atoms with E-state index in [0.717, 1.165) is 16.5 Å². The molecule has 0 radical (unpaired) electrons. The Morgan fingerprint density at radius 2 is 1.92 bits per heavy atom. The van der Waals surface area contributed by atoms with Gasteiger partial charge in [-0.2, -0.15) is 8.78 Å². The number of benzene rings is 2. The molecule has 0 spiro atoms. The van der Waals surface area contributed by atoms with Crippen molar-refractivity contribution in [3.63, 3.8) is 0 Å². The molecule has 0 aliphatic rings. The number of fused-ring (bicyclic) bond motifs is 1. The van der Waals surface area contributed by atoms with Gasteiger partial charge in [-0.25, -0.2) is 4.79 Å². The lowest BCUT2D eigenvalue weighted by molar-refractivity contribution is -0.0498. The molecule has 0 bridgehead atoms. The van der Waals surface area contributed by atoms with E-state index >= 15 is 0 Å². The minimum absolute atomic E-state index is 0.0719. The first kappa shape index (κ1) is 17.0. The zero-order valence-electron chi connectivity index (χ0n) is 13.7. The highest BCUT2D eigenvalue weighted by molar-refractivity contribution is 5.95. The fraction of sp³-hybridized carbons (Fsp3) is 0.211. The van der Waals surface area contributed by atoms with Gasteiger partial charge in [-0.1, -0.05) is 19.9 Å². The summed E-state index contributed by atoms with van der Waals surface area (Å²) in [6, 6.07) is 11.3. The predicted octanol–water partition coefficient (Wildman–Crippen LogP) is 5.05. The van der Waals surface area contributed by atoms with Gasteiger partial charge < -0.3 is 14.4 Å². The molecule has 130 valence electrons. The van der Waals surface area contributed by atoms with Crippen LogP contribution in [0.25, 0.3) is 16.6 Å². The van der Waals surface area contributed by atoms with Crippen molar-refractivity contribution in [2.75, 3.05) is 0 Å². The summed E-state index contributed by atoms with van der Waals surface area (Å²) in [6.07, 6.45) is 1.91. The van der Waals surface area contributed by atoms with Crippen molar-refractivity contribution < 1.29 is 23.4 Å². The maximum Gasteiger partial charge on any atom is 0.387 e. The number of aromatic nitrogens is 1. The van der Waals surface area contributed by atoms with Gasteiger partial charge in [0.2, 0.25) is 0 Å². The van der Waals surface area contributed by atoms with E-state index in [0.29, 0.717) is 5.69 Å². The van der Waals surface area contributed by atoms with E-state index in [1.807, 2.05) is 24.6 Å². The van der Waals surface area contributed by atoms with Crippen LogP contribution in [-0.2, 0) is 0 Å². The van der Waals surface area contributed by atoms with Crippen molar-refractivity contribution in [1.82, 2.24) is 4.57 Å². The predicted molar refractivity (Wildman–Crippen MR) is 91.0 cm³/mol. The Bertz CT molecular complexity index is 932. The van der Waals surface area contributed by atoms with Crippen molar-refractivity contribution in [3.05, 3.63) is 59.8 Å². The van der Waals surface area contributed by atoms with Crippen LogP contribution in [0.15, 0.2) is 48.7 Å². The zero-order valence-corrected chi connectivity index (χ0v) is 13.7. The lowest BCUT2D eigenvalue weighted by atomic mass is 10.0. The molecule has 0 aliphatic heterocycles. The van der Waals surface area contributed by atoms with Crippen molar-refractivity contribution in [3.8, 4) is 11.4 Å². The van der Waals surface area contributed by atoms with Crippen LogP contribution in [0.2, 0.25) is 0 Å². The van der Waals surface area contributed by atoms with Gasteiger partial charge in [0.1, 0.15) is 5.75 Å². The summed E-state index contributed by atoms with van der Waals surface area (Å²) < 4.78 is 31.2. The van der Waals surface area contributed by atoms with Gasteiger partial charge in [0, 0.05) is 23.3 Å². The Balaban J connectivity index is 2.18. The molecule has 0 amide bonds. The first-order valence-corrected chi connectivity index (χ1v) is 7.80. The van der Waals surface area contributed by atoms with Crippen LogP contribution in [-0.4, -0.2) is 22.3 Å². The second kappa shape index (κ2) is 6.55. The van der Waals surface area contributed by atoms with Gasteiger partial charge in [-0.3, -0.25) is 0 Å². The van der Waals surface area contributed by atoms with Gasteiger partial charge in [-0.15, -0.1) is 0 Å². The molecule has 6 heteroatoms. The van der Waals surface area contributed by atoms with Gasteiger partial charge in [0.25, 0.3) is 0 Å². The van der Waals surface area contributed by atoms with Crippen molar-refractivity contribution in [1.29, 1.82) is 0 Å². The molecule has 4 nitrogen and oxygen atoms in total. The summed E-state index contributed by atoms with van der Waals surface area (Å²) in [7, 11) is 0. The molecule has 0 saturated heterocycles. The van der Waals surface area contributed by atoms with E-state index < -0.39 is 12.6 Å². The number of carbonyl (C=O) groups is 1. The molecule has 0 saturated carbocycles. The summed E-state index contributed by atoms with van der Waals surface area (Å²) in [5, 5.41) is 10.1. The Labute approximate surface area is 143 Å². The van der Waals surface area contributed by atoms with Crippen LogP contribution >= 0.6 is 0 Å². The molecular weight excluding hydrogens is 328 g/mol. The normalized spacial score (nSPS) is 11.4. The van der Waals surface area contributed by atoms with Crippen LogP contribution in [0.5, 0.6) is 5.75 Å². The largest absolute Gasteiger partial charge is 0.478 e. The van der Waals surface area contributed by atoms with Gasteiger partial charge >= 0.3 is 12.6 Å². The molecular formula is C19H17F2NO3. The second-order valence-corrected chi connectivity index (χ2v) is 6.02. The molecule has 1 aromatic heterocycles. The third kappa shape index (κ3) is 3.33. The molecule has 2 aromatic carbocycles. The van der Waals surface area contributed by atoms with Crippen molar-refractivity contribution in [2.45, 2.75) is 26.4 Å². The van der Waals surface area contributed by atoms with Crippen LogP contribution < -0.4 is 4.74 Å². The molecule has 3 rings (SSSR count). The summed E-state index contributed by atoms with van der Waals surface area (Å²) in [4.78, 5) is 11.3. The quantitative estimate of drug-likeness (QED) is 0.704. The Hall–Kier alpha value is -2.89. The summed E-state index contributed by atoms with van der Waals surface area (Å²) in [5.74, 6) is -0.743. The van der Waals surface area contributed by atoms with E-state index in [1.54, 1.807) is 24.3 Å². The molecule has 0 fully saturated rings. The number of ether oxygens (including phenoxy) is 1. The fourth-order valence-electron chi connectivity index (χ4n) is 2.87. The third-order valence-corrected chi connectivity index (χ3v) is 4.03. The summed E-state index contributed by atoms with van der Waals surface area (Å²) in [6.45, 7) is 1.15. The minimum atomic E-state index is -2.89. The van der Waals surface area contributed by atoms with Crippen molar-refractivity contribution in [2.24, 2.45) is 0 Å². The number of nitrogens with zero attached hydrogens (tertiary/aromatic N) is 1. The molecule has 1 N–H and O–H groups in total. The average Bonchev–Trinajstić information content (AvgIpc) is 2.93. The number of carboxylic acids is 1. The smallest absolute Gasteiger partial charge is 0.387 e. The Morgan fingerprint density at radius 1 is 1.16 bits per heavy atom. The first-order chi connectivity index (χ1) is 11.9. The van der Waals surface area contributed by atoms with E-state index in [4.69, 9.17) is 0 Å². The Morgan fingerprint density at radius 3 is 2.56 bits per heavy atom. The molecule has 3 aromatic rings. The SMILES string of the molecule is CC(C)c1cn(-c2cccc(OC(F)F)c2)c2ccc(C(=O)O)cc12. The third-order valence-electron chi connectivity index (χ3n) is 4.03. The standard InChI is InChI=1S/C19H17F2NO3/c1-11(2)16-10-22(13-4-3-5-14(9-13)25-19(20)21)17-7-6-12(18(23)24)8-15(16)17/h3-11,19H,1-2H3,(H,23,24). The van der Waals surface area contributed by atoms with Gasteiger partial charge in [0.15, 0.2) is 0 Å². The number of hydrogen-bond donors (Lipinski definition) is 1. The average molecular weight is 345 g/mol. The number of aromatic carboxylic acids is 1. The van der Waals surface area contributed by atoms with Gasteiger partial charge in [0.05, 0.1) is 11.1 Å². The van der Waals surface area contributed by atoms with E-state index in [-0.39, 0.29) is 17.2 Å². The van der Waals surface area contributed by atoms with Crippen molar-refractivity contribution >= 4 is 16.9 Å². The lowest BCUT2D eigenvalue weighted by Crippen LogP contribution is -2.02. The monoisotopic (exact) mass is 345 g/mol. The highest BCUT2D eigenvalue weighted by Gasteiger charge is 2.15. The highest BCUT2D eigenvalue weighted by atomic mass is 19.3. The van der Waals surface area contributed by atoms with Crippen LogP contribution in [0.3, 0.4) is 0 Å². The molecule has 0 unspecified atom stereocenters. The number of halogens is 2. The highest BCUT2D eigenvalue weighted by Crippen LogP contribution is 2.31. The fourth-order valence-corrected chi connectivity index (χ4v) is 2.87. The van der Waals surface area contributed by atoms with E-state index in [2.05, 4.69) is 4.74 Å². The lowest BCUT2D eigenvalue weighted by Gasteiger charge is -2.09. The number of hydrogen-bond acceptors (Lipinski definition) is 2. The first-order valence-electron chi connectivity index (χ1n) is 7.80. The number of alkyl halides is 2.